The van der Waals surface area contributed by atoms with E-state index in [1.807, 2.05) is 12.1 Å². The molecular weight excluding hydrogens is 178 g/mol. The zero-order valence-electron chi connectivity index (χ0n) is 8.28. The first-order valence-electron chi connectivity index (χ1n) is 5.25. The number of nitrogens with one attached hydrogen (secondary N) is 1. The highest BCUT2D eigenvalue weighted by molar-refractivity contribution is 5.00. The topological polar surface area (TPSA) is 45.4 Å². The SMILES string of the molecule is OCC1CC(Cc2ccco2)CCN1. The number of piperidine rings is 1. The van der Waals surface area contributed by atoms with E-state index < -0.39 is 0 Å². The molecule has 1 saturated heterocycles. The molecule has 2 unspecified atom stereocenters. The maximum absolute atomic E-state index is 9.05. The highest BCUT2D eigenvalue weighted by atomic mass is 16.3. The van der Waals surface area contributed by atoms with Crippen LogP contribution in [0.25, 0.3) is 0 Å². The molecule has 1 aliphatic heterocycles. The van der Waals surface area contributed by atoms with Crippen LogP contribution < -0.4 is 5.32 Å². The monoisotopic (exact) mass is 195 g/mol. The van der Waals surface area contributed by atoms with Crippen molar-refractivity contribution >= 4 is 0 Å². The fourth-order valence-corrected chi connectivity index (χ4v) is 2.13. The van der Waals surface area contributed by atoms with E-state index >= 15 is 0 Å². The number of furan rings is 1. The molecular formula is C11H17NO2. The predicted octanol–water partition coefficient (Wildman–Crippen LogP) is 1.18. The minimum Gasteiger partial charge on any atom is -0.469 e. The van der Waals surface area contributed by atoms with Gasteiger partial charge >= 0.3 is 0 Å². The van der Waals surface area contributed by atoms with Crippen LogP contribution in [-0.4, -0.2) is 24.3 Å². The Morgan fingerprint density at radius 3 is 3.21 bits per heavy atom. The smallest absolute Gasteiger partial charge is 0.104 e. The van der Waals surface area contributed by atoms with Crippen molar-refractivity contribution in [2.45, 2.75) is 25.3 Å². The van der Waals surface area contributed by atoms with Gasteiger partial charge in [-0.25, -0.2) is 0 Å². The van der Waals surface area contributed by atoms with E-state index in [1.54, 1.807) is 6.26 Å². The van der Waals surface area contributed by atoms with Gasteiger partial charge in [0.15, 0.2) is 0 Å². The summed E-state index contributed by atoms with van der Waals surface area (Å²) >= 11 is 0. The average Bonchev–Trinajstić information content (AvgIpc) is 2.71. The van der Waals surface area contributed by atoms with Gasteiger partial charge in [0.05, 0.1) is 12.9 Å². The Balaban J connectivity index is 1.86. The maximum atomic E-state index is 9.05. The highest BCUT2D eigenvalue weighted by Gasteiger charge is 2.21. The van der Waals surface area contributed by atoms with Crippen LogP contribution >= 0.6 is 0 Å². The molecule has 2 heterocycles. The Labute approximate surface area is 84.1 Å². The lowest BCUT2D eigenvalue weighted by Gasteiger charge is -2.28. The van der Waals surface area contributed by atoms with Crippen molar-refractivity contribution in [1.29, 1.82) is 0 Å². The first kappa shape index (κ1) is 9.74. The van der Waals surface area contributed by atoms with Crippen molar-refractivity contribution in [1.82, 2.24) is 5.32 Å². The standard InChI is InChI=1S/C11H17NO2/c13-8-10-6-9(3-4-12-10)7-11-2-1-5-14-11/h1-2,5,9-10,12-13H,3-4,6-8H2. The molecule has 0 aromatic carbocycles. The summed E-state index contributed by atoms with van der Waals surface area (Å²) in [6, 6.07) is 4.24. The van der Waals surface area contributed by atoms with Gasteiger partial charge in [0.1, 0.15) is 5.76 Å². The molecule has 78 valence electrons. The van der Waals surface area contributed by atoms with Crippen molar-refractivity contribution in [2.24, 2.45) is 5.92 Å². The number of aliphatic hydroxyl groups is 1. The van der Waals surface area contributed by atoms with E-state index in [1.165, 1.54) is 6.42 Å². The minimum absolute atomic E-state index is 0.245. The molecule has 2 N–H and O–H groups in total. The lowest BCUT2D eigenvalue weighted by atomic mass is 9.89. The molecule has 0 radical (unpaired) electrons. The van der Waals surface area contributed by atoms with E-state index in [-0.39, 0.29) is 12.6 Å². The van der Waals surface area contributed by atoms with Crippen LogP contribution in [0.2, 0.25) is 0 Å². The number of hydrogen-bond acceptors (Lipinski definition) is 3. The minimum atomic E-state index is 0.245. The van der Waals surface area contributed by atoms with Gasteiger partial charge in [-0.2, -0.15) is 0 Å². The Morgan fingerprint density at radius 1 is 1.57 bits per heavy atom. The molecule has 14 heavy (non-hydrogen) atoms. The summed E-state index contributed by atoms with van der Waals surface area (Å²) in [7, 11) is 0. The van der Waals surface area contributed by atoms with E-state index in [0.29, 0.717) is 5.92 Å². The second-order valence-corrected chi connectivity index (χ2v) is 4.01. The van der Waals surface area contributed by atoms with Crippen molar-refractivity contribution in [3.63, 3.8) is 0 Å². The Kier molecular flexibility index (Phi) is 3.22. The van der Waals surface area contributed by atoms with Crippen molar-refractivity contribution in [3.8, 4) is 0 Å². The summed E-state index contributed by atoms with van der Waals surface area (Å²) < 4.78 is 5.32. The summed E-state index contributed by atoms with van der Waals surface area (Å²) in [5.74, 6) is 1.72. The second kappa shape index (κ2) is 4.62. The van der Waals surface area contributed by atoms with Gasteiger partial charge < -0.3 is 14.8 Å². The maximum Gasteiger partial charge on any atom is 0.104 e. The van der Waals surface area contributed by atoms with E-state index in [2.05, 4.69) is 5.32 Å². The van der Waals surface area contributed by atoms with Gasteiger partial charge in [-0.1, -0.05) is 0 Å². The zero-order chi connectivity index (χ0) is 9.80. The second-order valence-electron chi connectivity index (χ2n) is 4.01. The number of rotatable bonds is 3. The van der Waals surface area contributed by atoms with Gasteiger partial charge in [-0.15, -0.1) is 0 Å². The van der Waals surface area contributed by atoms with Crippen LogP contribution in [0.1, 0.15) is 18.6 Å². The molecule has 1 aromatic rings. The van der Waals surface area contributed by atoms with E-state index in [0.717, 1.165) is 25.1 Å². The molecule has 1 fully saturated rings. The molecule has 0 saturated carbocycles. The molecule has 2 atom stereocenters. The summed E-state index contributed by atoms with van der Waals surface area (Å²) in [5.41, 5.74) is 0. The first-order valence-corrected chi connectivity index (χ1v) is 5.25. The summed E-state index contributed by atoms with van der Waals surface area (Å²) in [6.07, 6.45) is 4.96. The third-order valence-corrected chi connectivity index (χ3v) is 2.89. The molecule has 0 spiro atoms. The Morgan fingerprint density at radius 2 is 2.50 bits per heavy atom. The zero-order valence-corrected chi connectivity index (χ0v) is 8.28. The first-order chi connectivity index (χ1) is 6.88. The van der Waals surface area contributed by atoms with Crippen LogP contribution in [0.5, 0.6) is 0 Å². The predicted molar refractivity (Wildman–Crippen MR) is 54.0 cm³/mol. The Hall–Kier alpha value is -0.800. The van der Waals surface area contributed by atoms with Crippen LogP contribution in [0, 0.1) is 5.92 Å². The molecule has 3 nitrogen and oxygen atoms in total. The average molecular weight is 195 g/mol. The third-order valence-electron chi connectivity index (χ3n) is 2.89. The van der Waals surface area contributed by atoms with E-state index in [4.69, 9.17) is 9.52 Å². The van der Waals surface area contributed by atoms with Gasteiger partial charge in [-0.05, 0) is 37.4 Å². The fourth-order valence-electron chi connectivity index (χ4n) is 2.13. The fraction of sp³-hybridized carbons (Fsp3) is 0.636. The van der Waals surface area contributed by atoms with Crippen molar-refractivity contribution < 1.29 is 9.52 Å². The van der Waals surface area contributed by atoms with E-state index in [9.17, 15) is 0 Å². The number of aliphatic hydroxyl groups excluding tert-OH is 1. The third kappa shape index (κ3) is 2.36. The normalized spacial score (nSPS) is 27.8. The molecule has 1 aliphatic rings. The molecule has 0 aliphatic carbocycles. The van der Waals surface area contributed by atoms with Crippen LogP contribution in [0.4, 0.5) is 0 Å². The van der Waals surface area contributed by atoms with Crippen LogP contribution in [0.3, 0.4) is 0 Å². The van der Waals surface area contributed by atoms with Crippen molar-refractivity contribution in [3.05, 3.63) is 24.2 Å². The number of hydrogen-bond donors (Lipinski definition) is 2. The largest absolute Gasteiger partial charge is 0.469 e. The molecule has 2 rings (SSSR count). The van der Waals surface area contributed by atoms with Gasteiger partial charge in [0.2, 0.25) is 0 Å². The van der Waals surface area contributed by atoms with Gasteiger partial charge in [0, 0.05) is 12.5 Å². The molecule has 1 aromatic heterocycles. The van der Waals surface area contributed by atoms with Crippen molar-refractivity contribution in [2.75, 3.05) is 13.2 Å². The molecule has 3 heteroatoms. The van der Waals surface area contributed by atoms with Crippen LogP contribution in [0.15, 0.2) is 22.8 Å². The van der Waals surface area contributed by atoms with Crippen LogP contribution in [-0.2, 0) is 6.42 Å². The summed E-state index contributed by atoms with van der Waals surface area (Å²) in [6.45, 7) is 1.26. The summed E-state index contributed by atoms with van der Waals surface area (Å²) in [5, 5.41) is 12.3. The van der Waals surface area contributed by atoms with Gasteiger partial charge in [-0.3, -0.25) is 0 Å². The highest BCUT2D eigenvalue weighted by Crippen LogP contribution is 2.21. The quantitative estimate of drug-likeness (QED) is 0.761. The molecule has 0 bridgehead atoms. The lowest BCUT2D eigenvalue weighted by molar-refractivity contribution is 0.189. The lowest BCUT2D eigenvalue weighted by Crippen LogP contribution is -2.40. The summed E-state index contributed by atoms with van der Waals surface area (Å²) in [4.78, 5) is 0. The van der Waals surface area contributed by atoms with Gasteiger partial charge in [0.25, 0.3) is 0 Å². The Bertz CT molecular complexity index is 258. The molecule has 0 amide bonds.